The minimum absolute atomic E-state index is 0.0872. The Balaban J connectivity index is 1.79. The molecule has 2 aromatic heterocycles. The van der Waals surface area contributed by atoms with Gasteiger partial charge in [0.2, 0.25) is 0 Å². The molecule has 0 saturated heterocycles. The first-order valence-corrected chi connectivity index (χ1v) is 7.83. The molecule has 0 aliphatic heterocycles. The number of nitrogens with two attached hydrogens (primary N) is 1. The van der Waals surface area contributed by atoms with Crippen LogP contribution in [0.3, 0.4) is 0 Å². The van der Waals surface area contributed by atoms with E-state index in [9.17, 15) is 0 Å². The SMILES string of the molecule is Cc1cccnc1CC(N)c1cc2c(s1)CCCC2. The zero-order chi connectivity index (χ0) is 13.2. The molecule has 1 aliphatic carbocycles. The summed E-state index contributed by atoms with van der Waals surface area (Å²) < 4.78 is 0. The number of nitrogens with zero attached hydrogens (tertiary/aromatic N) is 1. The summed E-state index contributed by atoms with van der Waals surface area (Å²) in [6.07, 6.45) is 7.84. The van der Waals surface area contributed by atoms with Crippen LogP contribution in [-0.2, 0) is 19.3 Å². The minimum atomic E-state index is 0.0872. The Bertz CT molecular complexity index is 550. The minimum Gasteiger partial charge on any atom is -0.323 e. The molecule has 0 fully saturated rings. The van der Waals surface area contributed by atoms with Gasteiger partial charge < -0.3 is 5.73 Å². The van der Waals surface area contributed by atoms with Crippen LogP contribution in [-0.4, -0.2) is 4.98 Å². The molecule has 1 atom stereocenters. The van der Waals surface area contributed by atoms with Gasteiger partial charge in [-0.05, 0) is 55.9 Å². The lowest BCUT2D eigenvalue weighted by molar-refractivity contribution is 0.693. The number of pyridine rings is 1. The van der Waals surface area contributed by atoms with E-state index in [1.807, 2.05) is 23.6 Å². The molecule has 19 heavy (non-hydrogen) atoms. The fourth-order valence-corrected chi connectivity index (χ4v) is 4.00. The third-order valence-corrected chi connectivity index (χ3v) is 5.28. The van der Waals surface area contributed by atoms with Crippen LogP contribution in [0, 0.1) is 6.92 Å². The van der Waals surface area contributed by atoms with Crippen LogP contribution in [0.25, 0.3) is 0 Å². The Morgan fingerprint density at radius 2 is 2.21 bits per heavy atom. The maximum absolute atomic E-state index is 6.38. The summed E-state index contributed by atoms with van der Waals surface area (Å²) in [7, 11) is 0. The Labute approximate surface area is 118 Å². The molecule has 3 heteroatoms. The molecule has 1 unspecified atom stereocenters. The van der Waals surface area contributed by atoms with Crippen LogP contribution in [0.4, 0.5) is 0 Å². The molecule has 2 nitrogen and oxygen atoms in total. The lowest BCUT2D eigenvalue weighted by atomic mass is 9.98. The molecule has 100 valence electrons. The Hall–Kier alpha value is -1.19. The summed E-state index contributed by atoms with van der Waals surface area (Å²) in [5.41, 5.74) is 10.3. The maximum atomic E-state index is 6.38. The number of aryl methyl sites for hydroxylation is 3. The van der Waals surface area contributed by atoms with Gasteiger partial charge in [0.05, 0.1) is 0 Å². The van der Waals surface area contributed by atoms with Crippen molar-refractivity contribution in [3.63, 3.8) is 0 Å². The van der Waals surface area contributed by atoms with Crippen LogP contribution in [0.5, 0.6) is 0 Å². The zero-order valence-electron chi connectivity index (χ0n) is 11.4. The second-order valence-electron chi connectivity index (χ2n) is 5.38. The van der Waals surface area contributed by atoms with Gasteiger partial charge in [0, 0.05) is 34.1 Å². The van der Waals surface area contributed by atoms with E-state index in [-0.39, 0.29) is 6.04 Å². The van der Waals surface area contributed by atoms with Crippen molar-refractivity contribution >= 4 is 11.3 Å². The van der Waals surface area contributed by atoms with Gasteiger partial charge in [-0.1, -0.05) is 6.07 Å². The van der Waals surface area contributed by atoms with Gasteiger partial charge in [0.1, 0.15) is 0 Å². The lowest BCUT2D eigenvalue weighted by Crippen LogP contribution is -2.13. The molecule has 0 amide bonds. The van der Waals surface area contributed by atoms with Crippen LogP contribution in [0.15, 0.2) is 24.4 Å². The van der Waals surface area contributed by atoms with Crippen LogP contribution >= 0.6 is 11.3 Å². The summed E-state index contributed by atoms with van der Waals surface area (Å²) in [6, 6.07) is 6.51. The van der Waals surface area contributed by atoms with Crippen molar-refractivity contribution in [2.24, 2.45) is 5.73 Å². The van der Waals surface area contributed by atoms with E-state index in [1.54, 1.807) is 10.4 Å². The molecular weight excluding hydrogens is 252 g/mol. The number of hydrogen-bond donors (Lipinski definition) is 1. The van der Waals surface area contributed by atoms with Crippen molar-refractivity contribution in [1.82, 2.24) is 4.98 Å². The first kappa shape index (κ1) is 12.8. The van der Waals surface area contributed by atoms with E-state index >= 15 is 0 Å². The largest absolute Gasteiger partial charge is 0.323 e. The van der Waals surface area contributed by atoms with Gasteiger partial charge in [-0.15, -0.1) is 11.3 Å². The van der Waals surface area contributed by atoms with Gasteiger partial charge in [-0.25, -0.2) is 0 Å². The van der Waals surface area contributed by atoms with E-state index < -0.39 is 0 Å². The maximum Gasteiger partial charge on any atom is 0.0451 e. The first-order valence-electron chi connectivity index (χ1n) is 7.01. The summed E-state index contributed by atoms with van der Waals surface area (Å²) >= 11 is 1.92. The summed E-state index contributed by atoms with van der Waals surface area (Å²) in [5.74, 6) is 0. The van der Waals surface area contributed by atoms with Gasteiger partial charge in [-0.2, -0.15) is 0 Å². The smallest absolute Gasteiger partial charge is 0.0451 e. The number of aromatic nitrogens is 1. The fraction of sp³-hybridized carbons (Fsp3) is 0.438. The van der Waals surface area contributed by atoms with Crippen LogP contribution < -0.4 is 5.73 Å². The molecule has 0 spiro atoms. The molecule has 0 radical (unpaired) electrons. The van der Waals surface area contributed by atoms with Gasteiger partial charge in [0.25, 0.3) is 0 Å². The summed E-state index contributed by atoms with van der Waals surface area (Å²) in [5, 5.41) is 0. The third-order valence-electron chi connectivity index (χ3n) is 3.91. The van der Waals surface area contributed by atoms with Crippen molar-refractivity contribution in [3.8, 4) is 0 Å². The van der Waals surface area contributed by atoms with E-state index in [4.69, 9.17) is 5.73 Å². The Morgan fingerprint density at radius 3 is 3.00 bits per heavy atom. The molecule has 2 aromatic rings. The molecule has 0 bridgehead atoms. The van der Waals surface area contributed by atoms with Crippen molar-refractivity contribution < 1.29 is 0 Å². The van der Waals surface area contributed by atoms with Crippen molar-refractivity contribution in [2.45, 2.75) is 45.1 Å². The van der Waals surface area contributed by atoms with Crippen LogP contribution in [0.1, 0.15) is 45.5 Å². The monoisotopic (exact) mass is 272 g/mol. The van der Waals surface area contributed by atoms with Gasteiger partial charge >= 0.3 is 0 Å². The number of rotatable bonds is 3. The Kier molecular flexibility index (Phi) is 3.67. The molecule has 0 saturated carbocycles. The Morgan fingerprint density at radius 1 is 1.37 bits per heavy atom. The third kappa shape index (κ3) is 2.72. The molecule has 2 heterocycles. The van der Waals surface area contributed by atoms with E-state index in [0.717, 1.165) is 12.1 Å². The van der Waals surface area contributed by atoms with Crippen molar-refractivity contribution in [1.29, 1.82) is 0 Å². The highest BCUT2D eigenvalue weighted by Crippen LogP contribution is 2.33. The summed E-state index contributed by atoms with van der Waals surface area (Å²) in [6.45, 7) is 2.11. The molecule has 1 aliphatic rings. The van der Waals surface area contributed by atoms with Gasteiger partial charge in [-0.3, -0.25) is 4.98 Å². The highest BCUT2D eigenvalue weighted by Gasteiger charge is 2.17. The highest BCUT2D eigenvalue weighted by molar-refractivity contribution is 7.12. The standard InChI is InChI=1S/C16H20N2S/c1-11-5-4-8-18-14(11)10-13(17)16-9-12-6-2-3-7-15(12)19-16/h4-5,8-9,13H,2-3,6-7,10,17H2,1H3. The average molecular weight is 272 g/mol. The lowest BCUT2D eigenvalue weighted by Gasteiger charge is -2.10. The van der Waals surface area contributed by atoms with Crippen LogP contribution in [0.2, 0.25) is 0 Å². The predicted octanol–water partition coefficient (Wildman–Crippen LogP) is 3.57. The van der Waals surface area contributed by atoms with E-state index in [2.05, 4.69) is 24.0 Å². The number of hydrogen-bond acceptors (Lipinski definition) is 3. The second kappa shape index (κ2) is 5.43. The fourth-order valence-electron chi connectivity index (χ4n) is 2.74. The first-order chi connectivity index (χ1) is 9.24. The normalized spacial score (nSPS) is 16.1. The highest BCUT2D eigenvalue weighted by atomic mass is 32.1. The van der Waals surface area contributed by atoms with E-state index in [0.29, 0.717) is 0 Å². The second-order valence-corrected chi connectivity index (χ2v) is 6.55. The molecular formula is C16H20N2S. The van der Waals surface area contributed by atoms with E-state index in [1.165, 1.54) is 36.1 Å². The van der Waals surface area contributed by atoms with Gasteiger partial charge in [0.15, 0.2) is 0 Å². The average Bonchev–Trinajstić information content (AvgIpc) is 2.85. The predicted molar refractivity (Wildman–Crippen MR) is 80.6 cm³/mol. The quantitative estimate of drug-likeness (QED) is 0.927. The molecule has 2 N–H and O–H groups in total. The van der Waals surface area contributed by atoms with Crippen molar-refractivity contribution in [3.05, 3.63) is 51.0 Å². The number of thiophene rings is 1. The number of fused-ring (bicyclic) bond motifs is 1. The van der Waals surface area contributed by atoms with Crippen molar-refractivity contribution in [2.75, 3.05) is 0 Å². The summed E-state index contributed by atoms with van der Waals surface area (Å²) in [4.78, 5) is 7.35. The molecule has 0 aromatic carbocycles. The molecule has 3 rings (SSSR count). The zero-order valence-corrected chi connectivity index (χ0v) is 12.2. The topological polar surface area (TPSA) is 38.9 Å².